The lowest BCUT2D eigenvalue weighted by Crippen LogP contribution is -2.14. The Morgan fingerprint density at radius 2 is 1.48 bits per heavy atom. The molecule has 0 heterocycles. The summed E-state index contributed by atoms with van der Waals surface area (Å²) in [6.45, 7) is 0. The van der Waals surface area contributed by atoms with Gasteiger partial charge >= 0.3 is 0 Å². The van der Waals surface area contributed by atoms with Gasteiger partial charge in [0.15, 0.2) is 0 Å². The summed E-state index contributed by atoms with van der Waals surface area (Å²) < 4.78 is 29.1. The molecule has 0 aliphatic rings. The highest BCUT2D eigenvalue weighted by molar-refractivity contribution is 9.11. The molecule has 0 atom stereocenters. The first kappa shape index (κ1) is 17.6. The van der Waals surface area contributed by atoms with Crippen LogP contribution in [0.1, 0.15) is 0 Å². The molecular weight excluding hydrogens is 533 g/mol. The summed E-state index contributed by atoms with van der Waals surface area (Å²) in [7, 11) is -3.84. The molecule has 1 N–H and O–H groups in total. The Kier molecular flexibility index (Phi) is 5.66. The van der Waals surface area contributed by atoms with Crippen molar-refractivity contribution in [3.8, 4) is 0 Å². The van der Waals surface area contributed by atoms with Crippen molar-refractivity contribution in [1.82, 2.24) is 0 Å². The molecule has 0 spiro atoms. The number of anilines is 1. The number of halogens is 5. The van der Waals surface area contributed by atoms with Gasteiger partial charge in [0.2, 0.25) is 0 Å². The van der Waals surface area contributed by atoms with Crippen molar-refractivity contribution in [2.24, 2.45) is 0 Å². The minimum atomic E-state index is -3.84. The molecule has 0 radical (unpaired) electrons. The molecule has 0 saturated carbocycles. The van der Waals surface area contributed by atoms with Crippen molar-refractivity contribution in [3.63, 3.8) is 0 Å². The van der Waals surface area contributed by atoms with E-state index < -0.39 is 10.0 Å². The van der Waals surface area contributed by atoms with Gasteiger partial charge in [-0.1, -0.05) is 55.1 Å². The summed E-state index contributed by atoms with van der Waals surface area (Å²) in [5, 5.41) is 0.396. The Morgan fingerprint density at radius 1 is 0.905 bits per heavy atom. The highest BCUT2D eigenvalue weighted by Crippen LogP contribution is 2.36. The molecule has 0 saturated heterocycles. The molecule has 0 amide bonds. The second-order valence-electron chi connectivity index (χ2n) is 3.92. The van der Waals surface area contributed by atoms with E-state index in [1.807, 2.05) is 0 Å². The van der Waals surface area contributed by atoms with Crippen LogP contribution in [0.3, 0.4) is 0 Å². The van der Waals surface area contributed by atoms with Crippen molar-refractivity contribution < 1.29 is 8.42 Å². The Hall–Kier alpha value is 0.210. The van der Waals surface area contributed by atoms with Crippen molar-refractivity contribution >= 4 is 86.7 Å². The summed E-state index contributed by atoms with van der Waals surface area (Å²) in [6, 6.07) is 7.95. The van der Waals surface area contributed by atoms with Crippen LogP contribution < -0.4 is 4.72 Å². The monoisotopic (exact) mass is 535 g/mol. The van der Waals surface area contributed by atoms with Crippen LogP contribution >= 0.6 is 71.0 Å². The van der Waals surface area contributed by atoms with E-state index >= 15 is 0 Å². The van der Waals surface area contributed by atoms with E-state index in [1.165, 1.54) is 6.07 Å². The third kappa shape index (κ3) is 4.14. The number of rotatable bonds is 3. The molecule has 2 aromatic rings. The van der Waals surface area contributed by atoms with Crippen LogP contribution in [0.15, 0.2) is 48.6 Å². The van der Waals surface area contributed by atoms with Crippen molar-refractivity contribution in [3.05, 3.63) is 53.8 Å². The van der Waals surface area contributed by atoms with Gasteiger partial charge in [0.05, 0.1) is 15.7 Å². The second kappa shape index (κ2) is 6.76. The van der Waals surface area contributed by atoms with Gasteiger partial charge in [-0.3, -0.25) is 4.72 Å². The minimum Gasteiger partial charge on any atom is -0.277 e. The Morgan fingerprint density at radius 3 is 2.05 bits per heavy atom. The minimum absolute atomic E-state index is 0.0759. The van der Waals surface area contributed by atoms with Gasteiger partial charge < -0.3 is 0 Å². The topological polar surface area (TPSA) is 46.2 Å². The molecule has 9 heteroatoms. The van der Waals surface area contributed by atoms with Crippen LogP contribution in [0.2, 0.25) is 10.0 Å². The summed E-state index contributed by atoms with van der Waals surface area (Å²) in [5.74, 6) is 0. The molecule has 3 nitrogen and oxygen atoms in total. The lowest BCUT2D eigenvalue weighted by atomic mass is 10.3. The van der Waals surface area contributed by atoms with E-state index in [-0.39, 0.29) is 20.6 Å². The molecule has 0 aromatic heterocycles. The van der Waals surface area contributed by atoms with E-state index in [0.29, 0.717) is 13.4 Å². The SMILES string of the molecule is O=S(=O)(Nc1c(Cl)cc(Br)cc1Cl)c1cc(Br)ccc1Br. The van der Waals surface area contributed by atoms with Gasteiger partial charge in [0.25, 0.3) is 10.0 Å². The zero-order valence-corrected chi connectivity index (χ0v) is 17.1. The van der Waals surface area contributed by atoms with E-state index in [2.05, 4.69) is 52.5 Å². The first-order valence-corrected chi connectivity index (χ1v) is 9.95. The van der Waals surface area contributed by atoms with E-state index in [4.69, 9.17) is 23.2 Å². The van der Waals surface area contributed by atoms with Gasteiger partial charge in [-0.2, -0.15) is 0 Å². The zero-order valence-electron chi connectivity index (χ0n) is 10.0. The first-order valence-electron chi connectivity index (χ1n) is 5.33. The molecule has 0 aliphatic heterocycles. The fourth-order valence-electron chi connectivity index (χ4n) is 1.51. The first-order chi connectivity index (χ1) is 9.70. The van der Waals surface area contributed by atoms with Crippen LogP contribution in [-0.2, 0) is 10.0 Å². The fourth-order valence-corrected chi connectivity index (χ4v) is 5.53. The smallest absolute Gasteiger partial charge is 0.263 e. The maximum Gasteiger partial charge on any atom is 0.263 e. The molecule has 2 aromatic carbocycles. The van der Waals surface area contributed by atoms with Crippen LogP contribution in [-0.4, -0.2) is 8.42 Å². The predicted octanol–water partition coefficient (Wildman–Crippen LogP) is 6.08. The maximum absolute atomic E-state index is 12.5. The number of benzene rings is 2. The van der Waals surface area contributed by atoms with E-state index in [0.717, 1.165) is 0 Å². The number of hydrogen-bond donors (Lipinski definition) is 1. The standard InChI is InChI=1S/C12H6Br3Cl2NO2S/c13-6-1-2-8(15)11(5-6)21(19,20)18-12-9(16)3-7(14)4-10(12)17/h1-5,18H. The van der Waals surface area contributed by atoms with E-state index in [9.17, 15) is 8.42 Å². The molecule has 0 bridgehead atoms. The maximum atomic E-state index is 12.5. The normalized spacial score (nSPS) is 11.5. The molecule has 0 unspecified atom stereocenters. The number of sulfonamides is 1. The van der Waals surface area contributed by atoms with E-state index in [1.54, 1.807) is 24.3 Å². The molecule has 0 aliphatic carbocycles. The Bertz CT molecular complexity index is 789. The average molecular weight is 539 g/mol. The molecule has 112 valence electrons. The van der Waals surface area contributed by atoms with Gasteiger partial charge in [0, 0.05) is 13.4 Å². The van der Waals surface area contributed by atoms with Crippen molar-refractivity contribution in [2.45, 2.75) is 4.90 Å². The van der Waals surface area contributed by atoms with Gasteiger partial charge in [-0.15, -0.1) is 0 Å². The van der Waals surface area contributed by atoms with Gasteiger partial charge in [0.1, 0.15) is 4.90 Å². The van der Waals surface area contributed by atoms with Gasteiger partial charge in [-0.05, 0) is 46.3 Å². The third-order valence-electron chi connectivity index (χ3n) is 2.43. The lowest BCUT2D eigenvalue weighted by molar-refractivity contribution is 0.600. The molecule has 21 heavy (non-hydrogen) atoms. The Labute approximate surface area is 157 Å². The number of hydrogen-bond acceptors (Lipinski definition) is 2. The molecular formula is C12H6Br3Cl2NO2S. The summed E-state index contributed by atoms with van der Waals surface area (Å²) in [5.41, 5.74) is 0.133. The second-order valence-corrected chi connectivity index (χ2v) is 9.08. The largest absolute Gasteiger partial charge is 0.277 e. The average Bonchev–Trinajstić information content (AvgIpc) is 2.36. The zero-order chi connectivity index (χ0) is 15.8. The van der Waals surface area contributed by atoms with Crippen LogP contribution in [0.25, 0.3) is 0 Å². The van der Waals surface area contributed by atoms with Gasteiger partial charge in [-0.25, -0.2) is 8.42 Å². The fraction of sp³-hybridized carbons (Fsp3) is 0. The number of nitrogens with one attached hydrogen (secondary N) is 1. The van der Waals surface area contributed by atoms with Crippen LogP contribution in [0, 0.1) is 0 Å². The highest BCUT2D eigenvalue weighted by Gasteiger charge is 2.21. The van der Waals surface area contributed by atoms with Crippen molar-refractivity contribution in [1.29, 1.82) is 0 Å². The summed E-state index contributed by atoms with van der Waals surface area (Å²) in [6.07, 6.45) is 0. The third-order valence-corrected chi connectivity index (χ3v) is 6.32. The van der Waals surface area contributed by atoms with Crippen LogP contribution in [0.5, 0.6) is 0 Å². The Balaban J connectivity index is 2.50. The predicted molar refractivity (Wildman–Crippen MR) is 96.8 cm³/mol. The lowest BCUT2D eigenvalue weighted by Gasteiger charge is -2.13. The summed E-state index contributed by atoms with van der Waals surface area (Å²) >= 11 is 21.8. The van der Waals surface area contributed by atoms with Crippen LogP contribution in [0.4, 0.5) is 5.69 Å². The molecule has 2 rings (SSSR count). The van der Waals surface area contributed by atoms with Crippen molar-refractivity contribution in [2.75, 3.05) is 4.72 Å². The summed E-state index contributed by atoms with van der Waals surface area (Å²) in [4.78, 5) is 0.0759. The highest BCUT2D eigenvalue weighted by atomic mass is 79.9. The quantitative estimate of drug-likeness (QED) is 0.515. The molecule has 0 fully saturated rings.